The second kappa shape index (κ2) is 4.52. The van der Waals surface area contributed by atoms with Crippen LogP contribution < -0.4 is 11.1 Å². The Hall–Kier alpha value is -2.57. The first kappa shape index (κ1) is 10.9. The van der Waals surface area contributed by atoms with Gasteiger partial charge in [0.25, 0.3) is 5.91 Å². The summed E-state index contributed by atoms with van der Waals surface area (Å²) in [6.07, 6.45) is 2.86. The first-order chi connectivity index (χ1) is 8.18. The number of pyridine rings is 1. The number of nitrogens with one attached hydrogen (secondary N) is 1. The number of anilines is 2. The van der Waals surface area contributed by atoms with E-state index in [1.165, 1.54) is 6.33 Å². The van der Waals surface area contributed by atoms with Gasteiger partial charge in [-0.05, 0) is 18.6 Å². The fourth-order valence-electron chi connectivity index (χ4n) is 1.26. The molecule has 0 aliphatic rings. The van der Waals surface area contributed by atoms with Gasteiger partial charge in [-0.2, -0.15) is 0 Å². The van der Waals surface area contributed by atoms with E-state index in [1.54, 1.807) is 6.20 Å². The average molecular weight is 230 g/mol. The summed E-state index contributed by atoms with van der Waals surface area (Å²) in [6.45, 7) is 1.88. The Morgan fingerprint density at radius 3 is 2.88 bits per heavy atom. The molecule has 0 aromatic carbocycles. The molecule has 86 valence electrons. The number of aromatic nitrogens is 4. The Bertz CT molecular complexity index is 556. The number of carbonyl (C=O) groups is 1. The molecule has 1 amide bonds. The van der Waals surface area contributed by atoms with Crippen LogP contribution in [0.15, 0.2) is 24.7 Å². The molecule has 0 aliphatic carbocycles. The molecule has 0 saturated carbocycles. The van der Waals surface area contributed by atoms with Crippen molar-refractivity contribution < 1.29 is 4.79 Å². The van der Waals surface area contributed by atoms with Crippen LogP contribution in [0.25, 0.3) is 0 Å². The highest BCUT2D eigenvalue weighted by atomic mass is 16.1. The lowest BCUT2D eigenvalue weighted by molar-refractivity contribution is 0.0995. The number of primary amides is 1. The maximum absolute atomic E-state index is 11.1. The topological polar surface area (TPSA) is 107 Å². The first-order valence-electron chi connectivity index (χ1n) is 4.84. The highest BCUT2D eigenvalue weighted by Crippen LogP contribution is 2.16. The first-order valence-corrected chi connectivity index (χ1v) is 4.84. The van der Waals surface area contributed by atoms with Gasteiger partial charge in [0.1, 0.15) is 12.1 Å². The second-order valence-corrected chi connectivity index (χ2v) is 3.32. The van der Waals surface area contributed by atoms with Crippen LogP contribution in [0.1, 0.15) is 16.1 Å². The highest BCUT2D eigenvalue weighted by Gasteiger charge is 2.12. The monoisotopic (exact) mass is 230 g/mol. The van der Waals surface area contributed by atoms with Crippen molar-refractivity contribution >= 4 is 17.5 Å². The predicted molar refractivity (Wildman–Crippen MR) is 60.6 cm³/mol. The molecular weight excluding hydrogens is 220 g/mol. The summed E-state index contributed by atoms with van der Waals surface area (Å²) in [5.74, 6) is 0.145. The van der Waals surface area contributed by atoms with Gasteiger partial charge in [0.2, 0.25) is 0 Å². The summed E-state index contributed by atoms with van der Waals surface area (Å²) < 4.78 is 0. The Morgan fingerprint density at radius 1 is 1.35 bits per heavy atom. The molecule has 2 rings (SSSR count). The standard InChI is InChI=1S/C10H10N6O/c1-6-3-2-4-12-9(6)15-10-7(8(11)17)16-14-5-13-10/h2-5H,1H3,(H2,11,17)(H,12,13,14,15). The summed E-state index contributed by atoms with van der Waals surface area (Å²) in [5, 5.41) is 10.0. The molecular formula is C10H10N6O. The largest absolute Gasteiger partial charge is 0.364 e. The Morgan fingerprint density at radius 2 is 2.18 bits per heavy atom. The molecule has 0 spiro atoms. The SMILES string of the molecule is Cc1cccnc1Nc1ncnnc1C(N)=O. The molecule has 0 fully saturated rings. The molecule has 0 radical (unpaired) electrons. The van der Waals surface area contributed by atoms with Crippen LogP contribution in [0, 0.1) is 6.92 Å². The van der Waals surface area contributed by atoms with E-state index in [9.17, 15) is 4.79 Å². The summed E-state index contributed by atoms with van der Waals surface area (Å²) in [7, 11) is 0. The lowest BCUT2D eigenvalue weighted by Crippen LogP contribution is -2.17. The van der Waals surface area contributed by atoms with Crippen LogP contribution in [-0.2, 0) is 0 Å². The quantitative estimate of drug-likeness (QED) is 0.791. The van der Waals surface area contributed by atoms with E-state index in [-0.39, 0.29) is 11.5 Å². The van der Waals surface area contributed by atoms with Crippen LogP contribution in [0.4, 0.5) is 11.6 Å². The highest BCUT2D eigenvalue weighted by molar-refractivity contribution is 5.95. The molecule has 0 aliphatic heterocycles. The number of rotatable bonds is 3. The number of amides is 1. The van der Waals surface area contributed by atoms with Crippen LogP contribution in [0.2, 0.25) is 0 Å². The van der Waals surface area contributed by atoms with Crippen molar-refractivity contribution in [2.24, 2.45) is 5.73 Å². The number of hydrogen-bond acceptors (Lipinski definition) is 6. The molecule has 7 nitrogen and oxygen atoms in total. The van der Waals surface area contributed by atoms with Crippen molar-refractivity contribution in [3.63, 3.8) is 0 Å². The van der Waals surface area contributed by atoms with Gasteiger partial charge in [-0.25, -0.2) is 9.97 Å². The van der Waals surface area contributed by atoms with Crippen LogP contribution >= 0.6 is 0 Å². The third-order valence-corrected chi connectivity index (χ3v) is 2.10. The van der Waals surface area contributed by atoms with Crippen molar-refractivity contribution in [3.8, 4) is 0 Å². The Balaban J connectivity index is 2.37. The summed E-state index contributed by atoms with van der Waals surface area (Å²) in [5.41, 5.74) is 6.07. The fraction of sp³-hybridized carbons (Fsp3) is 0.100. The smallest absolute Gasteiger partial charge is 0.273 e. The third kappa shape index (κ3) is 2.33. The summed E-state index contributed by atoms with van der Waals surface area (Å²) in [4.78, 5) is 19.1. The molecule has 0 atom stereocenters. The third-order valence-electron chi connectivity index (χ3n) is 2.10. The van der Waals surface area contributed by atoms with Gasteiger partial charge in [-0.3, -0.25) is 4.79 Å². The van der Waals surface area contributed by atoms with E-state index >= 15 is 0 Å². The van der Waals surface area contributed by atoms with Crippen LogP contribution in [-0.4, -0.2) is 26.1 Å². The van der Waals surface area contributed by atoms with E-state index in [0.717, 1.165) is 5.56 Å². The molecule has 2 heterocycles. The molecule has 2 aromatic heterocycles. The van der Waals surface area contributed by atoms with Crippen molar-refractivity contribution in [3.05, 3.63) is 35.9 Å². The molecule has 0 bridgehead atoms. The van der Waals surface area contributed by atoms with Gasteiger partial charge in [0.15, 0.2) is 11.5 Å². The second-order valence-electron chi connectivity index (χ2n) is 3.32. The Kier molecular flexibility index (Phi) is 2.91. The van der Waals surface area contributed by atoms with Crippen LogP contribution in [0.5, 0.6) is 0 Å². The van der Waals surface area contributed by atoms with Crippen molar-refractivity contribution in [1.29, 1.82) is 0 Å². The Labute approximate surface area is 97.1 Å². The van der Waals surface area contributed by atoms with Gasteiger partial charge in [0.05, 0.1) is 0 Å². The van der Waals surface area contributed by atoms with Gasteiger partial charge in [-0.1, -0.05) is 6.07 Å². The van der Waals surface area contributed by atoms with Gasteiger partial charge in [-0.15, -0.1) is 10.2 Å². The van der Waals surface area contributed by atoms with Crippen LogP contribution in [0.3, 0.4) is 0 Å². The lowest BCUT2D eigenvalue weighted by Gasteiger charge is -2.08. The number of hydrogen-bond donors (Lipinski definition) is 2. The zero-order chi connectivity index (χ0) is 12.3. The van der Waals surface area contributed by atoms with E-state index < -0.39 is 5.91 Å². The van der Waals surface area contributed by atoms with E-state index in [4.69, 9.17) is 5.73 Å². The maximum Gasteiger partial charge on any atom is 0.273 e. The lowest BCUT2D eigenvalue weighted by atomic mass is 10.3. The van der Waals surface area contributed by atoms with Crippen molar-refractivity contribution in [1.82, 2.24) is 20.2 Å². The minimum atomic E-state index is -0.693. The average Bonchev–Trinajstić information content (AvgIpc) is 2.32. The van der Waals surface area contributed by atoms with Crippen molar-refractivity contribution in [2.75, 3.05) is 5.32 Å². The fourth-order valence-corrected chi connectivity index (χ4v) is 1.26. The van der Waals surface area contributed by atoms with E-state index in [0.29, 0.717) is 5.82 Å². The minimum Gasteiger partial charge on any atom is -0.364 e. The molecule has 3 N–H and O–H groups in total. The molecule has 0 unspecified atom stereocenters. The number of carbonyl (C=O) groups excluding carboxylic acids is 1. The van der Waals surface area contributed by atoms with Crippen molar-refractivity contribution in [2.45, 2.75) is 6.92 Å². The normalized spacial score (nSPS) is 9.94. The summed E-state index contributed by atoms with van der Waals surface area (Å²) in [6, 6.07) is 3.70. The molecule has 17 heavy (non-hydrogen) atoms. The maximum atomic E-state index is 11.1. The zero-order valence-electron chi connectivity index (χ0n) is 9.08. The minimum absolute atomic E-state index is 0.0162. The summed E-state index contributed by atoms with van der Waals surface area (Å²) >= 11 is 0. The predicted octanol–water partition coefficient (Wildman–Crippen LogP) is 0.418. The van der Waals surface area contributed by atoms with Gasteiger partial charge < -0.3 is 11.1 Å². The molecule has 7 heteroatoms. The number of aryl methyl sites for hydroxylation is 1. The van der Waals surface area contributed by atoms with E-state index in [2.05, 4.69) is 25.5 Å². The van der Waals surface area contributed by atoms with E-state index in [1.807, 2.05) is 19.1 Å². The number of nitrogens with zero attached hydrogens (tertiary/aromatic N) is 4. The molecule has 2 aromatic rings. The van der Waals surface area contributed by atoms with Gasteiger partial charge in [0, 0.05) is 6.20 Å². The molecule has 0 saturated heterocycles. The van der Waals surface area contributed by atoms with Gasteiger partial charge >= 0.3 is 0 Å². The number of nitrogens with two attached hydrogens (primary N) is 1. The zero-order valence-corrected chi connectivity index (χ0v) is 9.08.